The van der Waals surface area contributed by atoms with Crippen LogP contribution in [-0.2, 0) is 11.3 Å². The fourth-order valence-electron chi connectivity index (χ4n) is 2.60. The van der Waals surface area contributed by atoms with Gasteiger partial charge in [0.05, 0.1) is 18.7 Å². The van der Waals surface area contributed by atoms with Gasteiger partial charge < -0.3 is 4.74 Å². The monoisotopic (exact) mass is 328 g/mol. The molecule has 0 aliphatic heterocycles. The molecule has 0 spiro atoms. The van der Waals surface area contributed by atoms with Crippen LogP contribution in [0.4, 0.5) is 0 Å². The van der Waals surface area contributed by atoms with Crippen molar-refractivity contribution in [2.75, 3.05) is 0 Å². The Morgan fingerprint density at radius 2 is 1.91 bits per heavy atom. The molecule has 4 nitrogen and oxygen atoms in total. The van der Waals surface area contributed by atoms with Gasteiger partial charge in [0.25, 0.3) is 0 Å². The second-order valence-electron chi connectivity index (χ2n) is 5.47. The van der Waals surface area contributed by atoms with E-state index < -0.39 is 0 Å². The van der Waals surface area contributed by atoms with Gasteiger partial charge in [0, 0.05) is 21.5 Å². The van der Waals surface area contributed by atoms with Crippen molar-refractivity contribution >= 4 is 28.3 Å². The van der Waals surface area contributed by atoms with E-state index in [4.69, 9.17) is 16.3 Å². The van der Waals surface area contributed by atoms with Crippen molar-refractivity contribution in [1.29, 1.82) is 0 Å². The Balaban J connectivity index is 1.73. The van der Waals surface area contributed by atoms with E-state index in [1.54, 1.807) is 12.1 Å². The Morgan fingerprint density at radius 1 is 1.17 bits per heavy atom. The van der Waals surface area contributed by atoms with Crippen LogP contribution in [0.2, 0.25) is 5.02 Å². The number of rotatable bonds is 4. The number of nitrogens with zero attached hydrogens (tertiary/aromatic N) is 2. The lowest BCUT2D eigenvalue weighted by atomic mass is 10.1. The van der Waals surface area contributed by atoms with Crippen LogP contribution in [0.25, 0.3) is 10.8 Å². The van der Waals surface area contributed by atoms with Crippen LogP contribution in [0.3, 0.4) is 0 Å². The number of esters is 1. The fraction of sp³-hybridized carbons (Fsp3) is 0.222. The summed E-state index contributed by atoms with van der Waals surface area (Å²) in [6.45, 7) is 4.41. The first kappa shape index (κ1) is 15.6. The topological polar surface area (TPSA) is 44.1 Å². The van der Waals surface area contributed by atoms with Gasteiger partial charge in [-0.1, -0.05) is 35.9 Å². The van der Waals surface area contributed by atoms with E-state index in [1.165, 1.54) is 0 Å². The number of aryl methyl sites for hydroxylation is 3. The van der Waals surface area contributed by atoms with Crippen molar-refractivity contribution in [3.8, 4) is 5.75 Å². The first-order valence-corrected chi connectivity index (χ1v) is 7.81. The second-order valence-corrected chi connectivity index (χ2v) is 5.87. The van der Waals surface area contributed by atoms with Crippen molar-refractivity contribution < 1.29 is 9.53 Å². The van der Waals surface area contributed by atoms with Crippen LogP contribution in [-0.4, -0.2) is 15.7 Å². The lowest BCUT2D eigenvalue weighted by Gasteiger charge is -2.09. The van der Waals surface area contributed by atoms with Gasteiger partial charge >= 0.3 is 5.97 Å². The van der Waals surface area contributed by atoms with Crippen molar-refractivity contribution in [2.24, 2.45) is 0 Å². The number of carbonyl (C=O) groups excluding carboxylic acids is 1. The number of hydrogen-bond donors (Lipinski definition) is 0. The predicted molar refractivity (Wildman–Crippen MR) is 90.9 cm³/mol. The van der Waals surface area contributed by atoms with Crippen LogP contribution in [0.15, 0.2) is 42.5 Å². The molecule has 0 atom stereocenters. The van der Waals surface area contributed by atoms with Crippen molar-refractivity contribution in [3.05, 3.63) is 58.9 Å². The van der Waals surface area contributed by atoms with Gasteiger partial charge in [-0.05, 0) is 32.0 Å². The molecule has 0 N–H and O–H groups in total. The van der Waals surface area contributed by atoms with Gasteiger partial charge in [-0.15, -0.1) is 0 Å². The minimum atomic E-state index is -0.287. The molecule has 23 heavy (non-hydrogen) atoms. The first-order valence-electron chi connectivity index (χ1n) is 7.43. The smallest absolute Gasteiger partial charge is 0.313 e. The number of carbonyl (C=O) groups is 1. The number of hydrogen-bond acceptors (Lipinski definition) is 3. The molecule has 3 rings (SSSR count). The summed E-state index contributed by atoms with van der Waals surface area (Å²) in [5, 5.41) is 6.69. The van der Waals surface area contributed by atoms with E-state index in [9.17, 15) is 4.79 Å². The highest BCUT2D eigenvalue weighted by Crippen LogP contribution is 2.31. The second kappa shape index (κ2) is 6.42. The maximum atomic E-state index is 12.1. The minimum Gasteiger partial charge on any atom is -0.426 e. The van der Waals surface area contributed by atoms with Crippen molar-refractivity contribution in [2.45, 2.75) is 26.8 Å². The molecule has 1 aromatic heterocycles. The summed E-state index contributed by atoms with van der Waals surface area (Å²) < 4.78 is 7.33. The average molecular weight is 329 g/mol. The number of benzene rings is 2. The lowest BCUT2D eigenvalue weighted by Crippen LogP contribution is -2.13. The molecule has 0 aliphatic rings. The first-order chi connectivity index (χ1) is 11.0. The highest BCUT2D eigenvalue weighted by atomic mass is 35.5. The lowest BCUT2D eigenvalue weighted by molar-refractivity contribution is -0.134. The zero-order valence-corrected chi connectivity index (χ0v) is 13.8. The minimum absolute atomic E-state index is 0.263. The molecule has 118 valence electrons. The summed E-state index contributed by atoms with van der Waals surface area (Å²) in [6.07, 6.45) is 0.263. The molecule has 0 saturated heterocycles. The molecule has 3 aromatic rings. The van der Waals surface area contributed by atoms with Crippen molar-refractivity contribution in [3.63, 3.8) is 0 Å². The largest absolute Gasteiger partial charge is 0.426 e. The summed E-state index contributed by atoms with van der Waals surface area (Å²) in [4.78, 5) is 12.1. The molecular formula is C18H17ClN2O2. The highest BCUT2D eigenvalue weighted by Gasteiger charge is 2.11. The molecule has 0 fully saturated rings. The Labute approximate surface area is 139 Å². The number of aromatic nitrogens is 2. The molecule has 0 bridgehead atoms. The van der Waals surface area contributed by atoms with Crippen LogP contribution in [0.1, 0.15) is 17.8 Å². The van der Waals surface area contributed by atoms with E-state index in [1.807, 2.05) is 48.9 Å². The van der Waals surface area contributed by atoms with Crippen molar-refractivity contribution in [1.82, 2.24) is 9.78 Å². The Hall–Kier alpha value is -2.33. The molecule has 0 aliphatic carbocycles. The van der Waals surface area contributed by atoms with Gasteiger partial charge in [-0.25, -0.2) is 0 Å². The number of halogens is 1. The van der Waals surface area contributed by atoms with Crippen LogP contribution < -0.4 is 4.74 Å². The summed E-state index contributed by atoms with van der Waals surface area (Å²) in [5.41, 5.74) is 1.98. The summed E-state index contributed by atoms with van der Waals surface area (Å²) >= 11 is 6.17. The highest BCUT2D eigenvalue weighted by molar-refractivity contribution is 6.35. The Morgan fingerprint density at radius 3 is 2.61 bits per heavy atom. The molecule has 1 heterocycles. The third-order valence-electron chi connectivity index (χ3n) is 3.69. The van der Waals surface area contributed by atoms with Crippen LogP contribution in [0, 0.1) is 13.8 Å². The number of ether oxygens (including phenoxy) is 1. The van der Waals surface area contributed by atoms with Gasteiger partial charge in [0.1, 0.15) is 5.75 Å². The summed E-state index contributed by atoms with van der Waals surface area (Å²) in [5.74, 6) is 0.244. The predicted octanol–water partition coefficient (Wildman–Crippen LogP) is 4.30. The molecule has 0 saturated carbocycles. The van der Waals surface area contributed by atoms with Crippen LogP contribution >= 0.6 is 11.6 Å². The van der Waals surface area contributed by atoms with E-state index in [-0.39, 0.29) is 12.4 Å². The maximum Gasteiger partial charge on any atom is 0.313 e. The standard InChI is InChI=1S/C18H17ClN2O2/c1-12-11-13(2)21(20-12)10-9-18(22)23-17-8-7-16(19)14-5-3-4-6-15(14)17/h3-8,11H,9-10H2,1-2H3. The van der Waals surface area contributed by atoms with E-state index in [0.29, 0.717) is 17.3 Å². The fourth-order valence-corrected chi connectivity index (χ4v) is 2.82. The van der Waals surface area contributed by atoms with E-state index in [0.717, 1.165) is 22.2 Å². The third-order valence-corrected chi connectivity index (χ3v) is 4.02. The normalized spacial score (nSPS) is 10.9. The number of fused-ring (bicyclic) bond motifs is 1. The third kappa shape index (κ3) is 3.37. The van der Waals surface area contributed by atoms with Gasteiger partial charge in [-0.2, -0.15) is 5.10 Å². The molecule has 0 radical (unpaired) electrons. The average Bonchev–Trinajstić information content (AvgIpc) is 2.86. The van der Waals surface area contributed by atoms with Gasteiger partial charge in [-0.3, -0.25) is 9.48 Å². The molecule has 0 amide bonds. The van der Waals surface area contributed by atoms with Gasteiger partial charge in [0.2, 0.25) is 0 Å². The van der Waals surface area contributed by atoms with Gasteiger partial charge in [0.15, 0.2) is 0 Å². The Kier molecular flexibility index (Phi) is 4.35. The Bertz CT molecular complexity index is 871. The zero-order chi connectivity index (χ0) is 16.4. The summed E-state index contributed by atoms with van der Waals surface area (Å²) in [7, 11) is 0. The summed E-state index contributed by atoms with van der Waals surface area (Å²) in [6, 6.07) is 13.1. The van der Waals surface area contributed by atoms with Crippen LogP contribution in [0.5, 0.6) is 5.75 Å². The zero-order valence-electron chi connectivity index (χ0n) is 13.0. The quantitative estimate of drug-likeness (QED) is 0.529. The molecule has 2 aromatic carbocycles. The van der Waals surface area contributed by atoms with E-state index in [2.05, 4.69) is 5.10 Å². The molecular weight excluding hydrogens is 312 g/mol. The SMILES string of the molecule is Cc1cc(C)n(CCC(=O)Oc2ccc(Cl)c3ccccc23)n1. The maximum absolute atomic E-state index is 12.1. The van der Waals surface area contributed by atoms with E-state index >= 15 is 0 Å². The molecule has 5 heteroatoms. The molecule has 0 unspecified atom stereocenters.